The standard InChI is InChI=1S/C17H18N4O2S2/c1-12-19-20-17(21(12)14-3-5-15(23-2)6-4-14)25-11-16(22)18-9-13-7-8-24-10-13/h3-8,10H,9,11H2,1-2H3,(H,18,22). The highest BCUT2D eigenvalue weighted by Crippen LogP contribution is 2.23. The lowest BCUT2D eigenvalue weighted by atomic mass is 10.3. The largest absolute Gasteiger partial charge is 0.497 e. The van der Waals surface area contributed by atoms with Crippen LogP contribution in [0.2, 0.25) is 0 Å². The molecule has 3 aromatic rings. The Morgan fingerprint density at radius 1 is 1.28 bits per heavy atom. The number of benzene rings is 1. The summed E-state index contributed by atoms with van der Waals surface area (Å²) in [6.45, 7) is 2.44. The number of hydrogen-bond donors (Lipinski definition) is 1. The molecular formula is C17H18N4O2S2. The minimum atomic E-state index is -0.0295. The van der Waals surface area contributed by atoms with E-state index < -0.39 is 0 Å². The summed E-state index contributed by atoms with van der Waals surface area (Å²) in [6, 6.07) is 9.65. The zero-order valence-corrected chi connectivity index (χ0v) is 15.6. The number of aryl methyl sites for hydroxylation is 1. The Kier molecular flexibility index (Phi) is 5.72. The number of nitrogens with zero attached hydrogens (tertiary/aromatic N) is 3. The summed E-state index contributed by atoms with van der Waals surface area (Å²) in [5, 5.41) is 15.9. The number of hydrogen-bond acceptors (Lipinski definition) is 6. The number of thiophene rings is 1. The van der Waals surface area contributed by atoms with Crippen molar-refractivity contribution in [1.29, 1.82) is 0 Å². The van der Waals surface area contributed by atoms with Crippen LogP contribution in [0.4, 0.5) is 0 Å². The van der Waals surface area contributed by atoms with E-state index in [-0.39, 0.29) is 5.91 Å². The van der Waals surface area contributed by atoms with Gasteiger partial charge >= 0.3 is 0 Å². The Labute approximate surface area is 154 Å². The number of aromatic nitrogens is 3. The van der Waals surface area contributed by atoms with Crippen LogP contribution in [0.25, 0.3) is 5.69 Å². The molecule has 1 N–H and O–H groups in total. The molecule has 130 valence electrons. The molecule has 6 nitrogen and oxygen atoms in total. The van der Waals surface area contributed by atoms with Crippen molar-refractivity contribution in [3.8, 4) is 11.4 Å². The van der Waals surface area contributed by atoms with Gasteiger partial charge in [-0.05, 0) is 53.6 Å². The van der Waals surface area contributed by atoms with Crippen molar-refractivity contribution in [2.45, 2.75) is 18.6 Å². The number of carbonyl (C=O) groups excluding carboxylic acids is 1. The summed E-state index contributed by atoms with van der Waals surface area (Å²) in [6.07, 6.45) is 0. The topological polar surface area (TPSA) is 69.0 Å². The lowest BCUT2D eigenvalue weighted by Gasteiger charge is -2.09. The molecule has 0 aliphatic heterocycles. The van der Waals surface area contributed by atoms with Gasteiger partial charge in [-0.15, -0.1) is 10.2 Å². The fourth-order valence-corrected chi connectivity index (χ4v) is 3.74. The second kappa shape index (κ2) is 8.17. The first-order chi connectivity index (χ1) is 12.2. The number of rotatable bonds is 7. The Morgan fingerprint density at radius 3 is 2.76 bits per heavy atom. The van der Waals surface area contributed by atoms with Gasteiger partial charge in [-0.25, -0.2) is 0 Å². The summed E-state index contributed by atoms with van der Waals surface area (Å²) in [5.41, 5.74) is 2.05. The lowest BCUT2D eigenvalue weighted by molar-refractivity contribution is -0.118. The molecule has 0 spiro atoms. The van der Waals surface area contributed by atoms with Crippen LogP contribution in [0, 0.1) is 6.92 Å². The van der Waals surface area contributed by atoms with Crippen LogP contribution in [0.3, 0.4) is 0 Å². The summed E-state index contributed by atoms with van der Waals surface area (Å²) in [4.78, 5) is 12.0. The molecule has 0 saturated carbocycles. The van der Waals surface area contributed by atoms with Gasteiger partial charge in [-0.3, -0.25) is 9.36 Å². The van der Waals surface area contributed by atoms with Gasteiger partial charge in [0.05, 0.1) is 12.9 Å². The minimum absolute atomic E-state index is 0.0295. The Balaban J connectivity index is 1.63. The third-order valence-corrected chi connectivity index (χ3v) is 5.19. The summed E-state index contributed by atoms with van der Waals surface area (Å²) in [7, 11) is 1.63. The highest BCUT2D eigenvalue weighted by molar-refractivity contribution is 7.99. The van der Waals surface area contributed by atoms with Crippen LogP contribution in [0.5, 0.6) is 5.75 Å². The number of thioether (sulfide) groups is 1. The van der Waals surface area contributed by atoms with E-state index in [0.717, 1.165) is 22.8 Å². The first kappa shape index (κ1) is 17.5. The molecule has 0 bridgehead atoms. The summed E-state index contributed by atoms with van der Waals surface area (Å²) >= 11 is 2.99. The molecule has 3 rings (SSSR count). The van der Waals surface area contributed by atoms with Crippen molar-refractivity contribution < 1.29 is 9.53 Å². The first-order valence-corrected chi connectivity index (χ1v) is 9.57. The molecule has 1 amide bonds. The van der Waals surface area contributed by atoms with Gasteiger partial charge in [-0.2, -0.15) is 11.3 Å². The predicted octanol–water partition coefficient (Wildman–Crippen LogP) is 3.05. The molecule has 0 aliphatic carbocycles. The van der Waals surface area contributed by atoms with Gasteiger partial charge in [0, 0.05) is 12.2 Å². The van der Waals surface area contributed by atoms with Crippen LogP contribution in [0.1, 0.15) is 11.4 Å². The second-order valence-corrected chi connectivity index (χ2v) is 6.98. The molecule has 0 aliphatic rings. The zero-order chi connectivity index (χ0) is 17.6. The first-order valence-electron chi connectivity index (χ1n) is 7.64. The van der Waals surface area contributed by atoms with Gasteiger partial charge in [-0.1, -0.05) is 11.8 Å². The molecule has 0 radical (unpaired) electrons. The van der Waals surface area contributed by atoms with E-state index in [1.165, 1.54) is 11.8 Å². The average Bonchev–Trinajstić information content (AvgIpc) is 3.28. The monoisotopic (exact) mass is 374 g/mol. The number of amides is 1. The van der Waals surface area contributed by atoms with Gasteiger partial charge < -0.3 is 10.1 Å². The van der Waals surface area contributed by atoms with Crippen LogP contribution in [0.15, 0.2) is 46.2 Å². The molecule has 0 fully saturated rings. The molecule has 2 heterocycles. The molecule has 25 heavy (non-hydrogen) atoms. The smallest absolute Gasteiger partial charge is 0.230 e. The van der Waals surface area contributed by atoms with Crippen LogP contribution in [-0.4, -0.2) is 33.5 Å². The van der Waals surface area contributed by atoms with Crippen LogP contribution >= 0.6 is 23.1 Å². The van der Waals surface area contributed by atoms with Crippen molar-refractivity contribution in [2.24, 2.45) is 0 Å². The quantitative estimate of drug-likeness (QED) is 0.644. The molecule has 0 atom stereocenters. The lowest BCUT2D eigenvalue weighted by Crippen LogP contribution is -2.24. The van der Waals surface area contributed by atoms with Crippen LogP contribution < -0.4 is 10.1 Å². The SMILES string of the molecule is COc1ccc(-n2c(C)nnc2SCC(=O)NCc2ccsc2)cc1. The van der Waals surface area contributed by atoms with Gasteiger partial charge in [0.15, 0.2) is 5.16 Å². The molecule has 0 unspecified atom stereocenters. The fraction of sp³-hybridized carbons (Fsp3) is 0.235. The summed E-state index contributed by atoms with van der Waals surface area (Å²) in [5.74, 6) is 1.82. The normalized spacial score (nSPS) is 10.6. The molecule has 0 saturated heterocycles. The number of methoxy groups -OCH3 is 1. The average molecular weight is 374 g/mol. The third-order valence-electron chi connectivity index (χ3n) is 3.53. The fourth-order valence-electron chi connectivity index (χ4n) is 2.24. The highest BCUT2D eigenvalue weighted by atomic mass is 32.2. The van der Waals surface area contributed by atoms with Crippen molar-refractivity contribution in [1.82, 2.24) is 20.1 Å². The van der Waals surface area contributed by atoms with Crippen molar-refractivity contribution in [3.63, 3.8) is 0 Å². The number of carbonyl (C=O) groups is 1. The molecular weight excluding hydrogens is 356 g/mol. The number of nitrogens with one attached hydrogen (secondary N) is 1. The molecule has 1 aromatic carbocycles. The summed E-state index contributed by atoms with van der Waals surface area (Å²) < 4.78 is 7.11. The molecule has 2 aromatic heterocycles. The number of ether oxygens (including phenoxy) is 1. The Morgan fingerprint density at radius 2 is 2.08 bits per heavy atom. The maximum atomic E-state index is 12.0. The molecule has 8 heteroatoms. The van der Waals surface area contributed by atoms with Gasteiger partial charge in [0.2, 0.25) is 5.91 Å². The van der Waals surface area contributed by atoms with E-state index in [4.69, 9.17) is 4.74 Å². The second-order valence-electron chi connectivity index (χ2n) is 5.26. The maximum Gasteiger partial charge on any atom is 0.230 e. The van der Waals surface area contributed by atoms with E-state index >= 15 is 0 Å². The van der Waals surface area contributed by atoms with E-state index in [0.29, 0.717) is 17.5 Å². The van der Waals surface area contributed by atoms with E-state index in [2.05, 4.69) is 15.5 Å². The van der Waals surface area contributed by atoms with Gasteiger partial charge in [0.25, 0.3) is 0 Å². The minimum Gasteiger partial charge on any atom is -0.497 e. The van der Waals surface area contributed by atoms with E-state index in [1.54, 1.807) is 18.4 Å². The van der Waals surface area contributed by atoms with E-state index in [9.17, 15) is 4.79 Å². The van der Waals surface area contributed by atoms with Crippen LogP contribution in [-0.2, 0) is 11.3 Å². The predicted molar refractivity (Wildman–Crippen MR) is 99.5 cm³/mol. The van der Waals surface area contributed by atoms with Crippen molar-refractivity contribution in [2.75, 3.05) is 12.9 Å². The van der Waals surface area contributed by atoms with Gasteiger partial charge in [0.1, 0.15) is 11.6 Å². The highest BCUT2D eigenvalue weighted by Gasteiger charge is 2.13. The third kappa shape index (κ3) is 4.40. The van der Waals surface area contributed by atoms with Crippen molar-refractivity contribution >= 4 is 29.0 Å². The Hall–Kier alpha value is -2.32. The van der Waals surface area contributed by atoms with E-state index in [1.807, 2.05) is 52.6 Å². The Bertz CT molecular complexity index is 829. The maximum absolute atomic E-state index is 12.0. The van der Waals surface area contributed by atoms with Crippen molar-refractivity contribution in [3.05, 3.63) is 52.5 Å². The zero-order valence-electron chi connectivity index (χ0n) is 13.9.